The molecular weight excluding hydrogens is 367 g/mol. The van der Waals surface area contributed by atoms with Crippen molar-refractivity contribution in [3.05, 3.63) is 106 Å². The zero-order valence-electron chi connectivity index (χ0n) is 14.9. The van der Waals surface area contributed by atoms with Crippen LogP contribution in [-0.4, -0.2) is 10.4 Å². The molecule has 0 aliphatic carbocycles. The van der Waals surface area contributed by atoms with E-state index in [2.05, 4.69) is 4.99 Å². The van der Waals surface area contributed by atoms with Crippen molar-refractivity contribution >= 4 is 5.84 Å². The third kappa shape index (κ3) is 4.68. The zero-order valence-corrected chi connectivity index (χ0v) is 14.9. The van der Waals surface area contributed by atoms with Gasteiger partial charge in [-0.15, -0.1) is 0 Å². The van der Waals surface area contributed by atoms with Gasteiger partial charge in [-0.1, -0.05) is 42.5 Å². The van der Waals surface area contributed by atoms with Crippen LogP contribution in [0.25, 0.3) is 0 Å². The van der Waals surface area contributed by atoms with Crippen LogP contribution in [0.15, 0.2) is 82.7 Å². The summed E-state index contributed by atoms with van der Waals surface area (Å²) in [5, 5.41) is 0. The molecule has 0 amide bonds. The lowest BCUT2D eigenvalue weighted by atomic mass is 10.1. The number of alkyl halides is 3. The van der Waals surface area contributed by atoms with E-state index in [0.717, 1.165) is 17.7 Å². The number of hydrogen-bond donors (Lipinski definition) is 1. The van der Waals surface area contributed by atoms with Crippen LogP contribution in [0.2, 0.25) is 0 Å². The molecule has 0 spiro atoms. The summed E-state index contributed by atoms with van der Waals surface area (Å²) < 4.78 is 39.4. The average molecular weight is 385 g/mol. The molecule has 28 heavy (non-hydrogen) atoms. The van der Waals surface area contributed by atoms with E-state index in [1.165, 1.54) is 16.7 Å². The summed E-state index contributed by atoms with van der Waals surface area (Å²) in [6, 6.07) is 17.5. The molecule has 2 N–H and O–H groups in total. The maximum atomic E-state index is 12.7. The van der Waals surface area contributed by atoms with E-state index in [1.807, 2.05) is 30.3 Å². The summed E-state index contributed by atoms with van der Waals surface area (Å²) in [6.45, 7) is 0.483. The van der Waals surface area contributed by atoms with Crippen LogP contribution in [0.3, 0.4) is 0 Å². The Labute approximate surface area is 159 Å². The van der Waals surface area contributed by atoms with Crippen molar-refractivity contribution in [2.24, 2.45) is 10.7 Å². The van der Waals surface area contributed by atoms with E-state index in [-0.39, 0.29) is 23.5 Å². The molecule has 0 radical (unpaired) electrons. The van der Waals surface area contributed by atoms with Gasteiger partial charge in [0.05, 0.1) is 24.2 Å². The van der Waals surface area contributed by atoms with Crippen LogP contribution in [0.4, 0.5) is 13.2 Å². The topological polar surface area (TPSA) is 60.4 Å². The number of pyridine rings is 1. The summed E-state index contributed by atoms with van der Waals surface area (Å²) in [5.74, 6) is 0.0484. The van der Waals surface area contributed by atoms with E-state index in [0.29, 0.717) is 12.1 Å². The van der Waals surface area contributed by atoms with Crippen molar-refractivity contribution < 1.29 is 13.2 Å². The predicted molar refractivity (Wildman–Crippen MR) is 102 cm³/mol. The molecule has 0 aliphatic heterocycles. The Morgan fingerprint density at radius 3 is 2.25 bits per heavy atom. The Morgan fingerprint density at radius 1 is 0.929 bits per heavy atom. The third-order valence-electron chi connectivity index (χ3n) is 4.21. The molecule has 1 heterocycles. The molecule has 2 aromatic carbocycles. The number of aliphatic imine (C=N–C) groups is 1. The number of nitrogens with zero attached hydrogens (tertiary/aromatic N) is 2. The molecule has 0 aliphatic rings. The van der Waals surface area contributed by atoms with Crippen LogP contribution in [0.5, 0.6) is 0 Å². The Morgan fingerprint density at radius 2 is 1.61 bits per heavy atom. The molecule has 0 saturated carbocycles. The SMILES string of the molecule is NC(=NCc1ccc(C(F)(F)F)cc1)c1cccn(Cc2ccccc2)c1=O. The lowest BCUT2D eigenvalue weighted by Crippen LogP contribution is -2.30. The quantitative estimate of drug-likeness (QED) is 0.536. The van der Waals surface area contributed by atoms with Gasteiger partial charge < -0.3 is 10.3 Å². The fourth-order valence-electron chi connectivity index (χ4n) is 2.70. The van der Waals surface area contributed by atoms with Crippen LogP contribution >= 0.6 is 0 Å². The standard InChI is InChI=1S/C21H18F3N3O/c22-21(23,24)17-10-8-15(9-11-17)13-26-19(25)18-7-4-12-27(20(18)28)14-16-5-2-1-3-6-16/h1-12H,13-14H2,(H2,25,26). The van der Waals surface area contributed by atoms with Gasteiger partial charge in [-0.25, -0.2) is 0 Å². The van der Waals surface area contributed by atoms with Crippen molar-refractivity contribution in [3.8, 4) is 0 Å². The van der Waals surface area contributed by atoms with E-state index in [9.17, 15) is 18.0 Å². The molecule has 0 atom stereocenters. The second-order valence-electron chi connectivity index (χ2n) is 6.24. The zero-order chi connectivity index (χ0) is 20.1. The summed E-state index contributed by atoms with van der Waals surface area (Å²) >= 11 is 0. The molecule has 4 nitrogen and oxygen atoms in total. The van der Waals surface area contributed by atoms with Crippen molar-refractivity contribution in [1.82, 2.24) is 4.57 Å². The minimum Gasteiger partial charge on any atom is -0.383 e. The first-order valence-corrected chi connectivity index (χ1v) is 8.54. The highest BCUT2D eigenvalue weighted by atomic mass is 19.4. The van der Waals surface area contributed by atoms with Gasteiger partial charge in [0.1, 0.15) is 5.84 Å². The fraction of sp³-hybridized carbons (Fsp3) is 0.143. The first kappa shape index (κ1) is 19.4. The monoisotopic (exact) mass is 385 g/mol. The summed E-state index contributed by atoms with van der Waals surface area (Å²) in [6.07, 6.45) is -2.71. The first-order valence-electron chi connectivity index (χ1n) is 8.54. The largest absolute Gasteiger partial charge is 0.416 e. The van der Waals surface area contributed by atoms with E-state index >= 15 is 0 Å². The normalized spacial score (nSPS) is 12.2. The van der Waals surface area contributed by atoms with E-state index < -0.39 is 11.7 Å². The number of amidine groups is 1. The Hall–Kier alpha value is -3.35. The van der Waals surface area contributed by atoms with Gasteiger partial charge in [0.2, 0.25) is 0 Å². The Balaban J connectivity index is 1.77. The number of aromatic nitrogens is 1. The van der Waals surface area contributed by atoms with Gasteiger partial charge in [-0.3, -0.25) is 9.79 Å². The van der Waals surface area contributed by atoms with E-state index in [4.69, 9.17) is 5.73 Å². The lowest BCUT2D eigenvalue weighted by Gasteiger charge is -2.09. The lowest BCUT2D eigenvalue weighted by molar-refractivity contribution is -0.137. The highest BCUT2D eigenvalue weighted by Crippen LogP contribution is 2.29. The number of nitrogens with two attached hydrogens (primary N) is 1. The molecule has 0 fully saturated rings. The van der Waals surface area contributed by atoms with Crippen LogP contribution in [-0.2, 0) is 19.3 Å². The second-order valence-corrected chi connectivity index (χ2v) is 6.24. The van der Waals surface area contributed by atoms with Gasteiger partial charge >= 0.3 is 6.18 Å². The molecule has 0 unspecified atom stereocenters. The minimum atomic E-state index is -4.38. The van der Waals surface area contributed by atoms with Gasteiger partial charge in [0, 0.05) is 6.20 Å². The van der Waals surface area contributed by atoms with Gasteiger partial charge in [0.15, 0.2) is 0 Å². The minimum absolute atomic E-state index is 0.0484. The molecule has 144 valence electrons. The van der Waals surface area contributed by atoms with Crippen LogP contribution in [0.1, 0.15) is 22.3 Å². The number of hydrogen-bond acceptors (Lipinski definition) is 2. The third-order valence-corrected chi connectivity index (χ3v) is 4.21. The summed E-state index contributed by atoms with van der Waals surface area (Å²) in [4.78, 5) is 16.8. The van der Waals surface area contributed by atoms with Gasteiger partial charge in [-0.2, -0.15) is 13.2 Å². The van der Waals surface area contributed by atoms with Crippen molar-refractivity contribution in [3.63, 3.8) is 0 Å². The molecule has 3 aromatic rings. The Bertz CT molecular complexity index is 1020. The highest BCUT2D eigenvalue weighted by Gasteiger charge is 2.29. The predicted octanol–water partition coefficient (Wildman–Crippen LogP) is 3.82. The smallest absolute Gasteiger partial charge is 0.383 e. The number of rotatable bonds is 5. The van der Waals surface area contributed by atoms with Crippen molar-refractivity contribution in [2.45, 2.75) is 19.3 Å². The van der Waals surface area contributed by atoms with Crippen LogP contribution in [0, 0.1) is 0 Å². The summed E-state index contributed by atoms with van der Waals surface area (Å²) in [7, 11) is 0. The average Bonchev–Trinajstić information content (AvgIpc) is 2.68. The van der Waals surface area contributed by atoms with Crippen molar-refractivity contribution in [2.75, 3.05) is 0 Å². The fourth-order valence-corrected chi connectivity index (χ4v) is 2.70. The molecule has 0 bridgehead atoms. The molecule has 7 heteroatoms. The maximum absolute atomic E-state index is 12.7. The number of benzene rings is 2. The molecular formula is C21H18F3N3O. The van der Waals surface area contributed by atoms with Gasteiger partial charge in [-0.05, 0) is 35.4 Å². The first-order chi connectivity index (χ1) is 13.3. The Kier molecular flexibility index (Phi) is 5.63. The van der Waals surface area contributed by atoms with E-state index in [1.54, 1.807) is 18.3 Å². The number of halogens is 3. The van der Waals surface area contributed by atoms with Gasteiger partial charge in [0.25, 0.3) is 5.56 Å². The molecule has 1 aromatic heterocycles. The van der Waals surface area contributed by atoms with Crippen LogP contribution < -0.4 is 11.3 Å². The second kappa shape index (κ2) is 8.12. The molecule has 3 rings (SSSR count). The maximum Gasteiger partial charge on any atom is 0.416 e. The molecule has 0 saturated heterocycles. The highest BCUT2D eigenvalue weighted by molar-refractivity contribution is 5.97. The summed E-state index contributed by atoms with van der Waals surface area (Å²) in [5.41, 5.74) is 6.76. The van der Waals surface area contributed by atoms with Crippen molar-refractivity contribution in [1.29, 1.82) is 0 Å².